The quantitative estimate of drug-likeness (QED) is 0.507. The van der Waals surface area contributed by atoms with Crippen LogP contribution in [0.2, 0.25) is 0 Å². The van der Waals surface area contributed by atoms with Crippen molar-refractivity contribution in [1.82, 2.24) is 0 Å². The van der Waals surface area contributed by atoms with Gasteiger partial charge in [0.15, 0.2) is 0 Å². The standard InChI is InChI=1S/C5H9N2O2/c6-4(8)2-1-3-5(7)9/h2H,1,3H2,(H2,6,8)(H2,7,9). The average molecular weight is 129 g/mol. The Labute approximate surface area is 53.2 Å². The monoisotopic (exact) mass is 129 g/mol. The Balaban J connectivity index is 3.10. The van der Waals surface area contributed by atoms with Gasteiger partial charge in [0.1, 0.15) is 0 Å². The summed E-state index contributed by atoms with van der Waals surface area (Å²) in [4.78, 5) is 20.0. The number of carbonyl (C=O) groups excluding carboxylic acids is 2. The maximum atomic E-state index is 10.0. The highest BCUT2D eigenvalue weighted by Crippen LogP contribution is 1.89. The van der Waals surface area contributed by atoms with Gasteiger partial charge in [0.25, 0.3) is 0 Å². The zero-order valence-electron chi connectivity index (χ0n) is 4.96. The van der Waals surface area contributed by atoms with Gasteiger partial charge in [-0.05, 0) is 6.42 Å². The first-order valence-electron chi connectivity index (χ1n) is 2.54. The highest BCUT2D eigenvalue weighted by molar-refractivity contribution is 5.83. The van der Waals surface area contributed by atoms with Gasteiger partial charge in [-0.25, -0.2) is 0 Å². The molecule has 0 aliphatic heterocycles. The summed E-state index contributed by atoms with van der Waals surface area (Å²) in [5, 5.41) is 0. The molecule has 0 saturated carbocycles. The molecule has 4 N–H and O–H groups in total. The molecule has 2 amide bonds. The van der Waals surface area contributed by atoms with Crippen LogP contribution in [0.1, 0.15) is 12.8 Å². The van der Waals surface area contributed by atoms with Crippen molar-refractivity contribution in [2.45, 2.75) is 12.8 Å². The van der Waals surface area contributed by atoms with E-state index in [9.17, 15) is 9.59 Å². The van der Waals surface area contributed by atoms with Crippen molar-refractivity contribution in [3.8, 4) is 0 Å². The van der Waals surface area contributed by atoms with Crippen molar-refractivity contribution in [1.29, 1.82) is 0 Å². The molecule has 0 aromatic heterocycles. The Morgan fingerprint density at radius 3 is 2.22 bits per heavy atom. The third-order valence-electron chi connectivity index (χ3n) is 0.736. The van der Waals surface area contributed by atoms with E-state index in [4.69, 9.17) is 11.5 Å². The number of carbonyl (C=O) groups is 2. The van der Waals surface area contributed by atoms with E-state index >= 15 is 0 Å². The van der Waals surface area contributed by atoms with Crippen molar-refractivity contribution in [3.63, 3.8) is 0 Å². The Morgan fingerprint density at radius 1 is 1.33 bits per heavy atom. The molecular formula is C5H9N2O2. The first kappa shape index (κ1) is 7.94. The SMILES string of the molecule is NC(=O)[CH]CCC(N)=O. The molecule has 0 atom stereocenters. The molecule has 0 rings (SSSR count). The van der Waals surface area contributed by atoms with E-state index in [0.717, 1.165) is 0 Å². The lowest BCUT2D eigenvalue weighted by Crippen LogP contribution is -2.14. The van der Waals surface area contributed by atoms with Crippen LogP contribution in [0.15, 0.2) is 0 Å². The summed E-state index contributed by atoms with van der Waals surface area (Å²) in [6.07, 6.45) is 1.75. The lowest BCUT2D eigenvalue weighted by atomic mass is 10.2. The van der Waals surface area contributed by atoms with Gasteiger partial charge in [0.2, 0.25) is 11.8 Å². The first-order chi connectivity index (χ1) is 4.13. The van der Waals surface area contributed by atoms with Gasteiger partial charge in [-0.3, -0.25) is 9.59 Å². The summed E-state index contributed by atoms with van der Waals surface area (Å²) < 4.78 is 0. The van der Waals surface area contributed by atoms with Crippen molar-refractivity contribution in [2.24, 2.45) is 11.5 Å². The number of hydrogen-bond donors (Lipinski definition) is 2. The Bertz CT molecular complexity index is 108. The summed E-state index contributed by atoms with van der Waals surface area (Å²) in [6.45, 7) is 0. The second-order valence-electron chi connectivity index (χ2n) is 1.61. The Hall–Kier alpha value is -1.06. The molecule has 0 fully saturated rings. The van der Waals surface area contributed by atoms with Crippen LogP contribution >= 0.6 is 0 Å². The summed E-state index contributed by atoms with van der Waals surface area (Å²) in [6, 6.07) is 0. The van der Waals surface area contributed by atoms with Crippen LogP contribution in [-0.4, -0.2) is 11.8 Å². The van der Waals surface area contributed by atoms with Crippen LogP contribution in [0.3, 0.4) is 0 Å². The van der Waals surface area contributed by atoms with Crippen LogP contribution in [-0.2, 0) is 9.59 Å². The molecule has 0 bridgehead atoms. The van der Waals surface area contributed by atoms with Crippen LogP contribution in [0, 0.1) is 6.42 Å². The predicted molar refractivity (Wildman–Crippen MR) is 31.9 cm³/mol. The third kappa shape index (κ3) is 6.94. The zero-order valence-corrected chi connectivity index (χ0v) is 4.96. The lowest BCUT2D eigenvalue weighted by Gasteiger charge is -1.90. The number of primary amides is 2. The molecule has 4 nitrogen and oxygen atoms in total. The van der Waals surface area contributed by atoms with Gasteiger partial charge in [-0.1, -0.05) is 0 Å². The normalized spacial score (nSPS) is 8.89. The van der Waals surface area contributed by atoms with Gasteiger partial charge in [-0.15, -0.1) is 0 Å². The smallest absolute Gasteiger partial charge is 0.221 e. The molecule has 51 valence electrons. The van der Waals surface area contributed by atoms with Gasteiger partial charge >= 0.3 is 0 Å². The molecule has 0 spiro atoms. The molecule has 0 aromatic carbocycles. The van der Waals surface area contributed by atoms with Gasteiger partial charge < -0.3 is 11.5 Å². The fourth-order valence-electron chi connectivity index (χ4n) is 0.357. The van der Waals surface area contributed by atoms with Gasteiger partial charge in [0.05, 0.1) is 0 Å². The Kier molecular flexibility index (Phi) is 3.43. The molecule has 0 aliphatic carbocycles. The maximum Gasteiger partial charge on any atom is 0.221 e. The minimum atomic E-state index is -0.517. The van der Waals surface area contributed by atoms with Gasteiger partial charge in [-0.2, -0.15) is 0 Å². The number of rotatable bonds is 4. The lowest BCUT2D eigenvalue weighted by molar-refractivity contribution is -0.118. The van der Waals surface area contributed by atoms with Crippen molar-refractivity contribution >= 4 is 11.8 Å². The zero-order chi connectivity index (χ0) is 7.28. The van der Waals surface area contributed by atoms with Crippen molar-refractivity contribution in [2.75, 3.05) is 0 Å². The molecule has 0 aromatic rings. The number of amides is 2. The number of nitrogens with two attached hydrogens (primary N) is 2. The number of hydrogen-bond acceptors (Lipinski definition) is 2. The Morgan fingerprint density at radius 2 is 1.89 bits per heavy atom. The van der Waals surface area contributed by atoms with Crippen molar-refractivity contribution in [3.05, 3.63) is 6.42 Å². The molecule has 9 heavy (non-hydrogen) atoms. The largest absolute Gasteiger partial charge is 0.370 e. The highest BCUT2D eigenvalue weighted by atomic mass is 16.1. The third-order valence-corrected chi connectivity index (χ3v) is 0.736. The minimum absolute atomic E-state index is 0.183. The van der Waals surface area contributed by atoms with Gasteiger partial charge in [0, 0.05) is 12.8 Å². The fraction of sp³-hybridized carbons (Fsp3) is 0.400. The van der Waals surface area contributed by atoms with E-state index in [2.05, 4.69) is 0 Å². The van der Waals surface area contributed by atoms with E-state index in [0.29, 0.717) is 6.42 Å². The van der Waals surface area contributed by atoms with E-state index < -0.39 is 11.8 Å². The van der Waals surface area contributed by atoms with Crippen molar-refractivity contribution < 1.29 is 9.59 Å². The first-order valence-corrected chi connectivity index (χ1v) is 2.54. The summed E-state index contributed by atoms with van der Waals surface area (Å²) >= 11 is 0. The molecular weight excluding hydrogens is 120 g/mol. The highest BCUT2D eigenvalue weighted by Gasteiger charge is 1.97. The topological polar surface area (TPSA) is 86.2 Å². The summed E-state index contributed by atoms with van der Waals surface area (Å²) in [7, 11) is 0. The van der Waals surface area contributed by atoms with E-state index in [1.165, 1.54) is 6.42 Å². The average Bonchev–Trinajstić information content (AvgIpc) is 1.63. The molecule has 0 aliphatic rings. The van der Waals surface area contributed by atoms with Crippen LogP contribution in [0.4, 0.5) is 0 Å². The maximum absolute atomic E-state index is 10.0. The second-order valence-corrected chi connectivity index (χ2v) is 1.61. The molecule has 0 unspecified atom stereocenters. The van der Waals surface area contributed by atoms with E-state index in [1.54, 1.807) is 0 Å². The molecule has 1 radical (unpaired) electrons. The fourth-order valence-corrected chi connectivity index (χ4v) is 0.357. The molecule has 0 saturated heterocycles. The summed E-state index contributed by atoms with van der Waals surface area (Å²) in [5.41, 5.74) is 9.50. The van der Waals surface area contributed by atoms with Crippen LogP contribution in [0.5, 0.6) is 0 Å². The minimum Gasteiger partial charge on any atom is -0.370 e. The van der Waals surface area contributed by atoms with E-state index in [-0.39, 0.29) is 6.42 Å². The molecule has 4 heteroatoms. The molecule has 0 heterocycles. The second kappa shape index (κ2) is 3.88. The summed E-state index contributed by atoms with van der Waals surface area (Å²) in [5.74, 6) is -0.941. The van der Waals surface area contributed by atoms with Crippen LogP contribution < -0.4 is 11.5 Å². The van der Waals surface area contributed by atoms with E-state index in [1.807, 2.05) is 0 Å². The predicted octanol–water partition coefficient (Wildman–Crippen LogP) is -1.06. The van der Waals surface area contributed by atoms with Crippen LogP contribution in [0.25, 0.3) is 0 Å².